The minimum Gasteiger partial charge on any atom is -0.505 e. The maximum absolute atomic E-state index is 10.9. The van der Waals surface area contributed by atoms with Crippen LogP contribution < -0.4 is 5.32 Å². The van der Waals surface area contributed by atoms with Gasteiger partial charge in [-0.3, -0.25) is 0 Å². The molecular formula is C21H18N2OS. The third kappa shape index (κ3) is 3.08. The Kier molecular flexibility index (Phi) is 4.12. The summed E-state index contributed by atoms with van der Waals surface area (Å²) < 4.78 is 0. The van der Waals surface area contributed by atoms with Crippen molar-refractivity contribution in [2.45, 2.75) is 13.0 Å². The van der Waals surface area contributed by atoms with Crippen LogP contribution in [0.15, 0.2) is 72.1 Å². The number of hydrogen-bond acceptors (Lipinski definition) is 4. The lowest BCUT2D eigenvalue weighted by Crippen LogP contribution is -2.11. The summed E-state index contributed by atoms with van der Waals surface area (Å²) in [4.78, 5) is 5.68. The first-order valence-corrected chi connectivity index (χ1v) is 9.04. The molecule has 0 aliphatic carbocycles. The molecule has 0 bridgehead atoms. The van der Waals surface area contributed by atoms with E-state index < -0.39 is 0 Å². The van der Waals surface area contributed by atoms with Gasteiger partial charge in [-0.15, -0.1) is 11.3 Å². The SMILES string of the molecule is Cc1ccc2ccc(C(Nc3ccccc3)c3cccs3)c(O)c2n1. The number of fused-ring (bicyclic) bond motifs is 1. The minimum absolute atomic E-state index is 0.130. The van der Waals surface area contributed by atoms with E-state index in [2.05, 4.69) is 21.7 Å². The minimum atomic E-state index is -0.130. The number of phenolic OH excluding ortho intramolecular Hbond substituents is 1. The largest absolute Gasteiger partial charge is 0.505 e. The maximum Gasteiger partial charge on any atom is 0.147 e. The first-order chi connectivity index (χ1) is 12.2. The summed E-state index contributed by atoms with van der Waals surface area (Å²) >= 11 is 1.67. The van der Waals surface area contributed by atoms with Crippen LogP contribution in [-0.4, -0.2) is 10.1 Å². The average molecular weight is 346 g/mol. The van der Waals surface area contributed by atoms with E-state index in [0.29, 0.717) is 5.52 Å². The van der Waals surface area contributed by atoms with Crippen molar-refractivity contribution in [3.05, 3.63) is 88.2 Å². The fraction of sp³-hybridized carbons (Fsp3) is 0.0952. The Morgan fingerprint density at radius 1 is 0.960 bits per heavy atom. The molecule has 0 aliphatic rings. The molecule has 0 radical (unpaired) electrons. The Morgan fingerprint density at radius 2 is 1.76 bits per heavy atom. The van der Waals surface area contributed by atoms with E-state index in [1.807, 2.05) is 67.6 Å². The maximum atomic E-state index is 10.9. The van der Waals surface area contributed by atoms with Crippen LogP contribution in [0.5, 0.6) is 5.75 Å². The normalized spacial score (nSPS) is 12.2. The van der Waals surface area contributed by atoms with Gasteiger partial charge in [0, 0.05) is 27.2 Å². The van der Waals surface area contributed by atoms with E-state index in [4.69, 9.17) is 0 Å². The quantitative estimate of drug-likeness (QED) is 0.512. The van der Waals surface area contributed by atoms with Gasteiger partial charge in [-0.1, -0.05) is 42.5 Å². The van der Waals surface area contributed by atoms with Crippen LogP contribution in [0, 0.1) is 6.92 Å². The first kappa shape index (κ1) is 15.7. The topological polar surface area (TPSA) is 45.1 Å². The summed E-state index contributed by atoms with van der Waals surface area (Å²) in [6.07, 6.45) is 0. The molecule has 4 rings (SSSR count). The molecule has 2 heterocycles. The number of hydrogen-bond donors (Lipinski definition) is 2. The zero-order valence-corrected chi connectivity index (χ0v) is 14.6. The number of nitrogens with one attached hydrogen (secondary N) is 1. The number of phenols is 1. The van der Waals surface area contributed by atoms with Gasteiger partial charge in [-0.25, -0.2) is 4.98 Å². The van der Waals surface area contributed by atoms with Crippen molar-refractivity contribution < 1.29 is 5.11 Å². The Morgan fingerprint density at radius 3 is 2.52 bits per heavy atom. The molecule has 4 heteroatoms. The Labute approximate surface area is 150 Å². The first-order valence-electron chi connectivity index (χ1n) is 8.16. The van der Waals surface area contributed by atoms with Gasteiger partial charge in [0.1, 0.15) is 11.3 Å². The molecule has 1 atom stereocenters. The highest BCUT2D eigenvalue weighted by Gasteiger charge is 2.20. The van der Waals surface area contributed by atoms with Crippen LogP contribution >= 0.6 is 11.3 Å². The van der Waals surface area contributed by atoms with E-state index >= 15 is 0 Å². The second-order valence-electron chi connectivity index (χ2n) is 5.99. The van der Waals surface area contributed by atoms with Gasteiger partial charge < -0.3 is 10.4 Å². The van der Waals surface area contributed by atoms with Gasteiger partial charge in [0.25, 0.3) is 0 Å². The zero-order chi connectivity index (χ0) is 17.2. The number of nitrogens with zero attached hydrogens (tertiary/aromatic N) is 1. The third-order valence-electron chi connectivity index (χ3n) is 4.23. The number of pyridine rings is 1. The van der Waals surface area contributed by atoms with Crippen molar-refractivity contribution in [2.75, 3.05) is 5.32 Å². The predicted molar refractivity (Wildman–Crippen MR) is 104 cm³/mol. The van der Waals surface area contributed by atoms with Gasteiger partial charge in [-0.05, 0) is 36.6 Å². The number of aromatic nitrogens is 1. The summed E-state index contributed by atoms with van der Waals surface area (Å²) in [6.45, 7) is 1.94. The highest BCUT2D eigenvalue weighted by molar-refractivity contribution is 7.10. The zero-order valence-electron chi connectivity index (χ0n) is 13.8. The Balaban J connectivity index is 1.84. The fourth-order valence-electron chi connectivity index (χ4n) is 2.98. The summed E-state index contributed by atoms with van der Waals surface area (Å²) in [6, 6.07) is 22.0. The molecule has 0 saturated carbocycles. The molecule has 2 aromatic heterocycles. The predicted octanol–water partition coefficient (Wildman–Crippen LogP) is 5.51. The number of aryl methyl sites for hydroxylation is 1. The lowest BCUT2D eigenvalue weighted by molar-refractivity contribution is 0.472. The van der Waals surface area contributed by atoms with E-state index in [0.717, 1.165) is 27.2 Å². The number of benzene rings is 2. The molecule has 0 saturated heterocycles. The molecule has 0 amide bonds. The van der Waals surface area contributed by atoms with Crippen molar-refractivity contribution in [3.8, 4) is 5.75 Å². The van der Waals surface area contributed by atoms with Gasteiger partial charge >= 0.3 is 0 Å². The van der Waals surface area contributed by atoms with Gasteiger partial charge in [0.05, 0.1) is 6.04 Å². The number of aromatic hydroxyl groups is 1. The molecule has 1 unspecified atom stereocenters. The second-order valence-corrected chi connectivity index (χ2v) is 6.97. The molecule has 25 heavy (non-hydrogen) atoms. The van der Waals surface area contributed by atoms with Gasteiger partial charge in [-0.2, -0.15) is 0 Å². The van der Waals surface area contributed by atoms with Crippen molar-refractivity contribution in [1.82, 2.24) is 4.98 Å². The fourth-order valence-corrected chi connectivity index (χ4v) is 3.77. The van der Waals surface area contributed by atoms with Gasteiger partial charge in [0.2, 0.25) is 0 Å². The van der Waals surface area contributed by atoms with Crippen molar-refractivity contribution in [2.24, 2.45) is 0 Å². The Bertz CT molecular complexity index is 997. The average Bonchev–Trinajstić information content (AvgIpc) is 3.16. The van der Waals surface area contributed by atoms with E-state index in [1.165, 1.54) is 0 Å². The van der Waals surface area contributed by atoms with E-state index in [1.54, 1.807) is 11.3 Å². The summed E-state index contributed by atoms with van der Waals surface area (Å²) in [5, 5.41) is 17.5. The summed E-state index contributed by atoms with van der Waals surface area (Å²) in [5.74, 6) is 0.239. The molecule has 2 N–H and O–H groups in total. The van der Waals surface area contributed by atoms with Gasteiger partial charge in [0.15, 0.2) is 0 Å². The van der Waals surface area contributed by atoms with Crippen LogP contribution in [0.2, 0.25) is 0 Å². The standard InChI is InChI=1S/C21H18N2OS/c1-14-9-10-15-11-12-17(21(24)19(15)22-14)20(18-8-5-13-25-18)23-16-6-3-2-4-7-16/h2-13,20,23-24H,1H3. The smallest absolute Gasteiger partial charge is 0.147 e. The number of rotatable bonds is 4. The van der Waals surface area contributed by atoms with Crippen LogP contribution in [-0.2, 0) is 0 Å². The monoisotopic (exact) mass is 346 g/mol. The van der Waals surface area contributed by atoms with Crippen LogP contribution in [0.1, 0.15) is 22.2 Å². The third-order valence-corrected chi connectivity index (χ3v) is 5.17. The van der Waals surface area contributed by atoms with Crippen LogP contribution in [0.3, 0.4) is 0 Å². The highest BCUT2D eigenvalue weighted by atomic mass is 32.1. The molecule has 124 valence electrons. The van der Waals surface area contributed by atoms with E-state index in [-0.39, 0.29) is 11.8 Å². The molecular weight excluding hydrogens is 328 g/mol. The molecule has 3 nitrogen and oxygen atoms in total. The lowest BCUT2D eigenvalue weighted by Gasteiger charge is -2.21. The summed E-state index contributed by atoms with van der Waals surface area (Å²) in [5.41, 5.74) is 3.38. The number of para-hydroxylation sites is 1. The molecule has 0 spiro atoms. The lowest BCUT2D eigenvalue weighted by atomic mass is 10.0. The van der Waals surface area contributed by atoms with Crippen LogP contribution in [0.25, 0.3) is 10.9 Å². The highest BCUT2D eigenvalue weighted by Crippen LogP contribution is 2.38. The number of anilines is 1. The van der Waals surface area contributed by atoms with Crippen LogP contribution in [0.4, 0.5) is 5.69 Å². The number of thiophene rings is 1. The molecule has 0 aliphatic heterocycles. The van der Waals surface area contributed by atoms with E-state index in [9.17, 15) is 5.11 Å². The molecule has 0 fully saturated rings. The van der Waals surface area contributed by atoms with Crippen molar-refractivity contribution in [3.63, 3.8) is 0 Å². The molecule has 2 aromatic carbocycles. The second kappa shape index (κ2) is 6.57. The Hall–Kier alpha value is -2.85. The summed E-state index contributed by atoms with van der Waals surface area (Å²) in [7, 11) is 0. The van der Waals surface area contributed by atoms with Crippen molar-refractivity contribution >= 4 is 27.9 Å². The van der Waals surface area contributed by atoms with Crippen molar-refractivity contribution in [1.29, 1.82) is 0 Å². The molecule has 4 aromatic rings.